The van der Waals surface area contributed by atoms with Crippen molar-refractivity contribution < 1.29 is 18.7 Å². The first-order valence-corrected chi connectivity index (χ1v) is 16.2. The van der Waals surface area contributed by atoms with Crippen LogP contribution in [0.25, 0.3) is 22.3 Å². The number of benzene rings is 4. The Bertz CT molecular complexity index is 1820. The number of halogens is 2. The number of carboxylic acid groups (broad SMARTS) is 1. The van der Waals surface area contributed by atoms with Crippen molar-refractivity contribution in [2.45, 2.75) is 45.7 Å². The average Bonchev–Trinajstić information content (AvgIpc) is 3.60. The van der Waals surface area contributed by atoms with Crippen molar-refractivity contribution in [2.75, 3.05) is 19.6 Å². The summed E-state index contributed by atoms with van der Waals surface area (Å²) in [5.74, 6) is -0.982. The van der Waals surface area contributed by atoms with Crippen LogP contribution < -0.4 is 5.32 Å². The van der Waals surface area contributed by atoms with E-state index < -0.39 is 17.7 Å². The molecule has 0 unspecified atom stereocenters. The lowest BCUT2D eigenvalue weighted by Gasteiger charge is -2.33. The summed E-state index contributed by atoms with van der Waals surface area (Å²) in [5, 5.41) is 13.9. The molecule has 1 aliphatic rings. The van der Waals surface area contributed by atoms with Gasteiger partial charge in [0.25, 0.3) is 0 Å². The smallest absolute Gasteiger partial charge is 0.407 e. The van der Waals surface area contributed by atoms with Crippen LogP contribution in [0.3, 0.4) is 0 Å². The zero-order chi connectivity index (χ0) is 33.1. The molecule has 0 aliphatic heterocycles. The first kappa shape index (κ1) is 32.2. The van der Waals surface area contributed by atoms with Gasteiger partial charge < -0.3 is 19.9 Å². The minimum Gasteiger partial charge on any atom is -0.465 e. The van der Waals surface area contributed by atoms with Crippen LogP contribution in [-0.2, 0) is 6.54 Å². The molecule has 1 amide bonds. The molecule has 0 saturated carbocycles. The molecule has 5 aromatic rings. The highest BCUT2D eigenvalue weighted by Crippen LogP contribution is 2.45. The first-order chi connectivity index (χ1) is 22.6. The van der Waals surface area contributed by atoms with Crippen LogP contribution in [0.15, 0.2) is 109 Å². The minimum atomic E-state index is -0.933. The van der Waals surface area contributed by atoms with Crippen LogP contribution in [0.2, 0.25) is 0 Å². The molecule has 0 bridgehead atoms. The second kappa shape index (κ2) is 13.5. The number of fused-ring (bicyclic) bond motifs is 3. The summed E-state index contributed by atoms with van der Waals surface area (Å²) < 4.78 is 31.2. The molecule has 6 rings (SSSR count). The van der Waals surface area contributed by atoms with E-state index in [9.17, 15) is 18.7 Å². The highest BCUT2D eigenvalue weighted by atomic mass is 19.1. The summed E-state index contributed by atoms with van der Waals surface area (Å²) >= 11 is 0. The molecule has 1 aromatic heterocycles. The average molecular weight is 634 g/mol. The molecule has 5 nitrogen and oxygen atoms in total. The fourth-order valence-corrected chi connectivity index (χ4v) is 6.87. The van der Waals surface area contributed by atoms with Crippen LogP contribution in [-0.4, -0.2) is 40.3 Å². The van der Waals surface area contributed by atoms with E-state index in [0.717, 1.165) is 34.5 Å². The van der Waals surface area contributed by atoms with Crippen molar-refractivity contribution in [1.82, 2.24) is 14.8 Å². The number of nitrogens with one attached hydrogen (secondary N) is 1. The molecule has 0 spiro atoms. The summed E-state index contributed by atoms with van der Waals surface area (Å²) in [6.45, 7) is 8.34. The van der Waals surface area contributed by atoms with Gasteiger partial charge in [-0.3, -0.25) is 0 Å². The quantitative estimate of drug-likeness (QED) is 0.143. The Morgan fingerprint density at radius 3 is 2.15 bits per heavy atom. The molecular weight excluding hydrogens is 592 g/mol. The predicted molar refractivity (Wildman–Crippen MR) is 183 cm³/mol. The van der Waals surface area contributed by atoms with Crippen LogP contribution in [0.1, 0.15) is 61.5 Å². The number of nitrogens with zero attached hydrogens (tertiary/aromatic N) is 2. The van der Waals surface area contributed by atoms with Gasteiger partial charge in [-0.15, -0.1) is 0 Å². The van der Waals surface area contributed by atoms with Gasteiger partial charge in [0, 0.05) is 48.6 Å². The molecule has 1 atom stereocenters. The highest BCUT2D eigenvalue weighted by molar-refractivity contribution is 5.79. The van der Waals surface area contributed by atoms with Gasteiger partial charge in [0.1, 0.15) is 11.6 Å². The second-order valence-electron chi connectivity index (χ2n) is 13.5. The lowest BCUT2D eigenvalue weighted by molar-refractivity contribution is 0.142. The summed E-state index contributed by atoms with van der Waals surface area (Å²) in [6.07, 6.45) is 1.57. The number of carbonyl (C=O) groups is 1. The Hall–Kier alpha value is -4.75. The Balaban J connectivity index is 1.21. The van der Waals surface area contributed by atoms with Crippen molar-refractivity contribution in [3.05, 3.63) is 143 Å². The van der Waals surface area contributed by atoms with E-state index in [-0.39, 0.29) is 22.9 Å². The lowest BCUT2D eigenvalue weighted by atomic mass is 9.84. The molecule has 1 aliphatic carbocycles. The first-order valence-electron chi connectivity index (χ1n) is 16.2. The Morgan fingerprint density at radius 2 is 1.51 bits per heavy atom. The maximum absolute atomic E-state index is 14.9. The summed E-state index contributed by atoms with van der Waals surface area (Å²) in [5.41, 5.74) is 7.30. The van der Waals surface area contributed by atoms with Crippen molar-refractivity contribution >= 4 is 6.09 Å². The largest absolute Gasteiger partial charge is 0.465 e. The zero-order valence-electron chi connectivity index (χ0n) is 27.1. The third-order valence-electron chi connectivity index (χ3n) is 9.12. The molecule has 1 heterocycles. The monoisotopic (exact) mass is 633 g/mol. The summed E-state index contributed by atoms with van der Waals surface area (Å²) in [6, 6.07) is 31.9. The van der Waals surface area contributed by atoms with Gasteiger partial charge >= 0.3 is 6.09 Å². The topological polar surface area (TPSA) is 57.5 Å². The highest BCUT2D eigenvalue weighted by Gasteiger charge is 2.32. The van der Waals surface area contributed by atoms with Gasteiger partial charge in [-0.25, -0.2) is 13.6 Å². The van der Waals surface area contributed by atoms with Gasteiger partial charge in [-0.2, -0.15) is 0 Å². The molecule has 2 N–H and O–H groups in total. The van der Waals surface area contributed by atoms with E-state index in [2.05, 4.69) is 54.9 Å². The molecule has 4 aromatic carbocycles. The molecule has 0 saturated heterocycles. The number of rotatable bonds is 11. The van der Waals surface area contributed by atoms with E-state index in [1.807, 2.05) is 66.9 Å². The predicted octanol–water partition coefficient (Wildman–Crippen LogP) is 9.34. The van der Waals surface area contributed by atoms with Crippen molar-refractivity contribution in [3.8, 4) is 22.3 Å². The summed E-state index contributed by atoms with van der Waals surface area (Å²) in [4.78, 5) is 14.0. The maximum Gasteiger partial charge on any atom is 0.407 e. The third-order valence-corrected chi connectivity index (χ3v) is 9.12. The van der Waals surface area contributed by atoms with Crippen molar-refractivity contribution in [3.63, 3.8) is 0 Å². The molecule has 0 fully saturated rings. The zero-order valence-corrected chi connectivity index (χ0v) is 27.1. The number of hydrogen-bond donors (Lipinski definition) is 2. The number of hydrogen-bond acceptors (Lipinski definition) is 2. The molecule has 0 radical (unpaired) electrons. The molecule has 242 valence electrons. The SMILES string of the molecule is CC(C)(C)[C@@H](NCCCN(CC1c2ccccc2-c2ccccc21)C(=O)O)c1cc(-c2cc(F)ccc2F)cn1Cc1ccccc1. The minimum absolute atomic E-state index is 0.0170. The van der Waals surface area contributed by atoms with Gasteiger partial charge in [0.2, 0.25) is 0 Å². The van der Waals surface area contributed by atoms with Crippen LogP contribution in [0, 0.1) is 17.0 Å². The third kappa shape index (κ3) is 7.00. The fraction of sp³-hybridized carbons (Fsp3) is 0.275. The second-order valence-corrected chi connectivity index (χ2v) is 13.5. The van der Waals surface area contributed by atoms with Gasteiger partial charge in [-0.1, -0.05) is 99.6 Å². The number of amides is 1. The molecule has 7 heteroatoms. The molecule has 47 heavy (non-hydrogen) atoms. The van der Waals surface area contributed by atoms with Crippen LogP contribution in [0.4, 0.5) is 13.6 Å². The Kier molecular flexibility index (Phi) is 9.28. The number of aromatic nitrogens is 1. The van der Waals surface area contributed by atoms with E-state index in [4.69, 9.17) is 0 Å². The van der Waals surface area contributed by atoms with Gasteiger partial charge in [0.05, 0.1) is 6.04 Å². The van der Waals surface area contributed by atoms with Gasteiger partial charge in [0.15, 0.2) is 0 Å². The van der Waals surface area contributed by atoms with Crippen molar-refractivity contribution in [2.24, 2.45) is 5.41 Å². The van der Waals surface area contributed by atoms with Crippen molar-refractivity contribution in [1.29, 1.82) is 0 Å². The van der Waals surface area contributed by atoms with Crippen LogP contribution in [0.5, 0.6) is 0 Å². The van der Waals surface area contributed by atoms with E-state index in [1.54, 1.807) is 0 Å². The normalized spacial score (nSPS) is 13.3. The lowest BCUT2D eigenvalue weighted by Crippen LogP contribution is -2.38. The maximum atomic E-state index is 14.9. The van der Waals surface area contributed by atoms with Crippen LogP contribution >= 0.6 is 0 Å². The Morgan fingerprint density at radius 1 is 0.872 bits per heavy atom. The Labute approximate surface area is 275 Å². The van der Waals surface area contributed by atoms with E-state index in [0.29, 0.717) is 38.2 Å². The van der Waals surface area contributed by atoms with Gasteiger partial charge in [-0.05, 0) is 70.5 Å². The summed E-state index contributed by atoms with van der Waals surface area (Å²) in [7, 11) is 0. The fourth-order valence-electron chi connectivity index (χ4n) is 6.87. The van der Waals surface area contributed by atoms with E-state index in [1.165, 1.54) is 22.1 Å². The molecular formula is C40H41F2N3O2. The standard InChI is InChI=1S/C40H41F2N3O2/c1-40(2,3)38(37-22-28(34-23-29(41)18-19-36(34)42)25-45(37)24-27-12-5-4-6-13-27)43-20-11-21-44(39(46)47)26-35-32-16-9-7-14-30(32)31-15-8-10-17-33(31)35/h4-10,12-19,22-23,25,35,38,43H,11,20-21,24,26H2,1-3H3,(H,46,47)/t38-/m0/s1. The van der Waals surface area contributed by atoms with E-state index >= 15 is 0 Å².